The van der Waals surface area contributed by atoms with Crippen LogP contribution in [0.4, 0.5) is 0 Å². The quantitative estimate of drug-likeness (QED) is 0.390. The standard InChI is InChI=1S/C30H41ClN2O5/c1-23-9-11-25(31)27(18-23)38-22-30(35)13-6-14-32(21-30)20-24-10-12-26(28(19-24)36-2)37-17-7-16-33-15-5-3-4-8-29(33)34/h9-12,18-19,35H,3-8,13-17,20-22H2,1-2H3. The van der Waals surface area contributed by atoms with E-state index in [2.05, 4.69) is 4.90 Å². The molecule has 2 aliphatic rings. The van der Waals surface area contributed by atoms with Gasteiger partial charge in [0.1, 0.15) is 18.0 Å². The number of amides is 1. The van der Waals surface area contributed by atoms with Crippen LogP contribution in [0.1, 0.15) is 56.1 Å². The van der Waals surface area contributed by atoms with Crippen LogP contribution in [0.15, 0.2) is 36.4 Å². The largest absolute Gasteiger partial charge is 0.493 e. The maximum absolute atomic E-state index is 12.2. The zero-order chi connectivity index (χ0) is 27.0. The van der Waals surface area contributed by atoms with Gasteiger partial charge in [-0.1, -0.05) is 30.2 Å². The lowest BCUT2D eigenvalue weighted by Crippen LogP contribution is -2.51. The third-order valence-corrected chi connectivity index (χ3v) is 7.67. The summed E-state index contributed by atoms with van der Waals surface area (Å²) in [7, 11) is 1.65. The summed E-state index contributed by atoms with van der Waals surface area (Å²) in [6.45, 7) is 6.43. The van der Waals surface area contributed by atoms with Gasteiger partial charge in [0, 0.05) is 32.6 Å². The predicted octanol–water partition coefficient (Wildman–Crippen LogP) is 5.23. The Bertz CT molecular complexity index is 1080. The molecule has 1 N–H and O–H groups in total. The van der Waals surface area contributed by atoms with Crippen molar-refractivity contribution in [2.24, 2.45) is 0 Å². The van der Waals surface area contributed by atoms with Gasteiger partial charge in [-0.2, -0.15) is 0 Å². The van der Waals surface area contributed by atoms with Gasteiger partial charge in [-0.25, -0.2) is 0 Å². The minimum Gasteiger partial charge on any atom is -0.493 e. The second-order valence-electron chi connectivity index (χ2n) is 10.6. The Morgan fingerprint density at radius 3 is 2.71 bits per heavy atom. The zero-order valence-electron chi connectivity index (χ0n) is 22.7. The Balaban J connectivity index is 1.28. The van der Waals surface area contributed by atoms with E-state index in [1.165, 1.54) is 0 Å². The van der Waals surface area contributed by atoms with E-state index in [9.17, 15) is 9.90 Å². The number of halogens is 1. The molecular formula is C30H41ClN2O5. The smallest absolute Gasteiger partial charge is 0.222 e. The molecule has 208 valence electrons. The van der Waals surface area contributed by atoms with Gasteiger partial charge in [0.25, 0.3) is 0 Å². The van der Waals surface area contributed by atoms with Gasteiger partial charge in [-0.15, -0.1) is 0 Å². The van der Waals surface area contributed by atoms with Crippen LogP contribution in [-0.4, -0.2) is 72.9 Å². The van der Waals surface area contributed by atoms with E-state index in [1.54, 1.807) is 7.11 Å². The fraction of sp³-hybridized carbons (Fsp3) is 0.567. The van der Waals surface area contributed by atoms with Crippen LogP contribution in [0.3, 0.4) is 0 Å². The summed E-state index contributed by atoms with van der Waals surface area (Å²) in [4.78, 5) is 16.4. The topological polar surface area (TPSA) is 71.5 Å². The number of benzene rings is 2. The summed E-state index contributed by atoms with van der Waals surface area (Å²) in [5.41, 5.74) is 1.22. The third kappa shape index (κ3) is 8.01. The van der Waals surface area contributed by atoms with Crippen molar-refractivity contribution in [3.05, 3.63) is 52.5 Å². The first-order valence-electron chi connectivity index (χ1n) is 13.8. The number of carbonyl (C=O) groups excluding carboxylic acids is 1. The van der Waals surface area contributed by atoms with E-state index >= 15 is 0 Å². The number of hydrogen-bond acceptors (Lipinski definition) is 6. The first-order valence-corrected chi connectivity index (χ1v) is 14.1. The highest BCUT2D eigenvalue weighted by Crippen LogP contribution is 2.31. The number of aryl methyl sites for hydroxylation is 1. The second-order valence-corrected chi connectivity index (χ2v) is 11.0. The number of methoxy groups -OCH3 is 1. The summed E-state index contributed by atoms with van der Waals surface area (Å²) < 4.78 is 17.6. The monoisotopic (exact) mass is 544 g/mol. The summed E-state index contributed by atoms with van der Waals surface area (Å²) in [5.74, 6) is 2.27. The number of β-amino-alcohol motifs (C(OH)–C–C–N with tert-alkyl or cyclic N) is 1. The summed E-state index contributed by atoms with van der Waals surface area (Å²) in [6.07, 6.45) is 6.25. The maximum atomic E-state index is 12.2. The summed E-state index contributed by atoms with van der Waals surface area (Å²) >= 11 is 6.27. The van der Waals surface area contributed by atoms with Crippen molar-refractivity contribution in [2.45, 2.75) is 64.0 Å². The molecule has 0 spiro atoms. The molecule has 0 bridgehead atoms. The lowest BCUT2D eigenvalue weighted by molar-refractivity contribution is -0.130. The van der Waals surface area contributed by atoms with Gasteiger partial charge in [0.05, 0.1) is 18.7 Å². The van der Waals surface area contributed by atoms with E-state index in [4.69, 9.17) is 25.8 Å². The van der Waals surface area contributed by atoms with Crippen molar-refractivity contribution in [3.8, 4) is 17.2 Å². The number of nitrogens with zero attached hydrogens (tertiary/aromatic N) is 2. The molecule has 0 radical (unpaired) electrons. The van der Waals surface area contributed by atoms with Gasteiger partial charge in [-0.3, -0.25) is 9.69 Å². The van der Waals surface area contributed by atoms with Gasteiger partial charge in [0.2, 0.25) is 5.91 Å². The summed E-state index contributed by atoms with van der Waals surface area (Å²) in [6, 6.07) is 11.7. The molecule has 0 saturated carbocycles. The zero-order valence-corrected chi connectivity index (χ0v) is 23.5. The molecule has 2 saturated heterocycles. The van der Waals surface area contributed by atoms with Crippen molar-refractivity contribution >= 4 is 17.5 Å². The fourth-order valence-electron chi connectivity index (χ4n) is 5.29. The van der Waals surface area contributed by atoms with Crippen molar-refractivity contribution in [1.29, 1.82) is 0 Å². The molecule has 2 aliphatic heterocycles. The number of piperidine rings is 1. The molecule has 0 aliphatic carbocycles. The Kier molecular flexibility index (Phi) is 10.2. The minimum absolute atomic E-state index is 0.200. The van der Waals surface area contributed by atoms with Crippen LogP contribution >= 0.6 is 11.6 Å². The molecule has 2 aromatic rings. The van der Waals surface area contributed by atoms with Crippen LogP contribution < -0.4 is 14.2 Å². The van der Waals surface area contributed by atoms with Crippen LogP contribution in [0.2, 0.25) is 5.02 Å². The minimum atomic E-state index is -0.937. The SMILES string of the molecule is COc1cc(CN2CCCC(O)(COc3cc(C)ccc3Cl)C2)ccc1OCCCN1CCCCCC1=O. The van der Waals surface area contributed by atoms with Crippen molar-refractivity contribution in [3.63, 3.8) is 0 Å². The molecule has 2 heterocycles. The number of ether oxygens (including phenoxy) is 3. The molecule has 4 rings (SSSR count). The number of rotatable bonds is 11. The predicted molar refractivity (Wildman–Crippen MR) is 149 cm³/mol. The first kappa shape index (κ1) is 28.5. The molecule has 0 aromatic heterocycles. The van der Waals surface area contributed by atoms with E-state index in [1.807, 2.05) is 48.2 Å². The maximum Gasteiger partial charge on any atom is 0.222 e. The number of aliphatic hydroxyl groups is 1. The van der Waals surface area contributed by atoms with Crippen LogP contribution in [-0.2, 0) is 11.3 Å². The second kappa shape index (κ2) is 13.5. The highest BCUT2D eigenvalue weighted by Gasteiger charge is 2.34. The lowest BCUT2D eigenvalue weighted by Gasteiger charge is -2.39. The molecule has 2 aromatic carbocycles. The fourth-order valence-corrected chi connectivity index (χ4v) is 5.46. The Morgan fingerprint density at radius 2 is 1.87 bits per heavy atom. The molecule has 7 nitrogen and oxygen atoms in total. The Morgan fingerprint density at radius 1 is 1.00 bits per heavy atom. The van der Waals surface area contributed by atoms with Crippen molar-refractivity contribution < 1.29 is 24.1 Å². The van der Waals surface area contributed by atoms with E-state index in [-0.39, 0.29) is 12.5 Å². The van der Waals surface area contributed by atoms with Crippen molar-refractivity contribution in [1.82, 2.24) is 9.80 Å². The molecular weight excluding hydrogens is 504 g/mol. The van der Waals surface area contributed by atoms with Gasteiger partial charge in [-0.05, 0) is 81.0 Å². The number of likely N-dealkylation sites (tertiary alicyclic amines) is 2. The average molecular weight is 545 g/mol. The van der Waals surface area contributed by atoms with Crippen molar-refractivity contribution in [2.75, 3.05) is 46.5 Å². The highest BCUT2D eigenvalue weighted by molar-refractivity contribution is 6.32. The van der Waals surface area contributed by atoms with E-state index < -0.39 is 5.60 Å². The van der Waals surface area contributed by atoms with Gasteiger partial charge in [0.15, 0.2) is 11.5 Å². The molecule has 1 unspecified atom stereocenters. The normalized spacial score (nSPS) is 20.7. The Hall–Kier alpha value is -2.48. The van der Waals surface area contributed by atoms with Crippen LogP contribution in [0, 0.1) is 6.92 Å². The first-order chi connectivity index (χ1) is 18.3. The Labute approximate surface area is 231 Å². The molecule has 2 fully saturated rings. The summed E-state index contributed by atoms with van der Waals surface area (Å²) in [5, 5.41) is 11.8. The lowest BCUT2D eigenvalue weighted by atomic mass is 9.93. The van der Waals surface area contributed by atoms with Crippen LogP contribution in [0.25, 0.3) is 0 Å². The molecule has 38 heavy (non-hydrogen) atoms. The molecule has 8 heteroatoms. The number of hydrogen-bond donors (Lipinski definition) is 1. The van der Waals surface area contributed by atoms with E-state index in [0.717, 1.165) is 62.9 Å². The molecule has 1 atom stereocenters. The van der Waals surface area contributed by atoms with Crippen LogP contribution in [0.5, 0.6) is 17.2 Å². The van der Waals surface area contributed by atoms with Gasteiger partial charge >= 0.3 is 0 Å². The average Bonchev–Trinajstić information content (AvgIpc) is 3.11. The number of carbonyl (C=O) groups is 1. The molecule has 1 amide bonds. The van der Waals surface area contributed by atoms with Gasteiger partial charge < -0.3 is 24.2 Å². The highest BCUT2D eigenvalue weighted by atomic mass is 35.5. The van der Waals surface area contributed by atoms with E-state index in [0.29, 0.717) is 54.8 Å². The third-order valence-electron chi connectivity index (χ3n) is 7.35.